The number of nitrogens with one attached hydrogen (secondary N) is 1. The van der Waals surface area contributed by atoms with Crippen molar-refractivity contribution in [3.63, 3.8) is 0 Å². The molecule has 150 valence electrons. The predicted octanol–water partition coefficient (Wildman–Crippen LogP) is 6.03. The van der Waals surface area contributed by atoms with Gasteiger partial charge in [0.2, 0.25) is 6.79 Å². The Morgan fingerprint density at radius 2 is 1.90 bits per heavy atom. The molecule has 0 amide bonds. The fraction of sp³-hybridized carbons (Fsp3) is 0.182. The Morgan fingerprint density at radius 1 is 1.07 bits per heavy atom. The number of fused-ring (bicyclic) bond motifs is 1. The van der Waals surface area contributed by atoms with Crippen LogP contribution < -0.4 is 24.3 Å². The summed E-state index contributed by atoms with van der Waals surface area (Å²) in [4.78, 5) is 0. The normalized spacial score (nSPS) is 12.0. The Hall–Kier alpha value is -2.57. The lowest BCUT2D eigenvalue weighted by Gasteiger charge is -2.18. The molecular weight excluding hydrogens is 458 g/mol. The number of halogens is 2. The monoisotopic (exact) mass is 475 g/mol. The summed E-state index contributed by atoms with van der Waals surface area (Å²) < 4.78 is 23.4. The highest BCUT2D eigenvalue weighted by atomic mass is 79.9. The van der Waals surface area contributed by atoms with Crippen molar-refractivity contribution in [2.45, 2.75) is 13.2 Å². The standard InChI is InChI=1S/C22H19BrClNO4/c1-26-20-9-7-17(23)16(22(20)27-12-14-4-2-3-5-18(14)24)11-25-15-6-8-19-21(10-15)29-13-28-19/h2-10,25H,11-13H2,1H3. The first kappa shape index (κ1) is 19.7. The van der Waals surface area contributed by atoms with Gasteiger partial charge in [-0.15, -0.1) is 0 Å². The highest BCUT2D eigenvalue weighted by Gasteiger charge is 2.17. The molecule has 3 aromatic carbocycles. The van der Waals surface area contributed by atoms with E-state index in [1.165, 1.54) is 0 Å². The molecule has 0 spiro atoms. The third kappa shape index (κ3) is 4.38. The number of ether oxygens (including phenoxy) is 4. The lowest BCUT2D eigenvalue weighted by atomic mass is 10.1. The quantitative estimate of drug-likeness (QED) is 0.451. The van der Waals surface area contributed by atoms with Crippen LogP contribution in [0.15, 0.2) is 59.1 Å². The zero-order chi connectivity index (χ0) is 20.2. The molecule has 0 unspecified atom stereocenters. The molecular formula is C22H19BrClNO4. The molecule has 1 aliphatic rings. The van der Waals surface area contributed by atoms with Crippen LogP contribution in [-0.2, 0) is 13.2 Å². The van der Waals surface area contributed by atoms with Gasteiger partial charge >= 0.3 is 0 Å². The largest absolute Gasteiger partial charge is 0.493 e. The van der Waals surface area contributed by atoms with Gasteiger partial charge in [-0.25, -0.2) is 0 Å². The second kappa shape index (κ2) is 8.84. The molecule has 4 rings (SSSR count). The van der Waals surface area contributed by atoms with E-state index >= 15 is 0 Å². The van der Waals surface area contributed by atoms with Crippen LogP contribution in [0.1, 0.15) is 11.1 Å². The average molecular weight is 477 g/mol. The molecule has 0 saturated carbocycles. The molecule has 5 nitrogen and oxygen atoms in total. The number of benzene rings is 3. The first-order valence-electron chi connectivity index (χ1n) is 9.01. The van der Waals surface area contributed by atoms with Crippen LogP contribution >= 0.6 is 27.5 Å². The number of anilines is 1. The van der Waals surface area contributed by atoms with E-state index < -0.39 is 0 Å². The minimum absolute atomic E-state index is 0.250. The fourth-order valence-corrected chi connectivity index (χ4v) is 3.67. The van der Waals surface area contributed by atoms with Crippen LogP contribution in [0, 0.1) is 0 Å². The van der Waals surface area contributed by atoms with Crippen LogP contribution in [0.2, 0.25) is 5.02 Å². The zero-order valence-corrected chi connectivity index (χ0v) is 18.0. The highest BCUT2D eigenvalue weighted by Crippen LogP contribution is 2.38. The Morgan fingerprint density at radius 3 is 2.72 bits per heavy atom. The number of rotatable bonds is 7. The van der Waals surface area contributed by atoms with Crippen molar-refractivity contribution < 1.29 is 18.9 Å². The van der Waals surface area contributed by atoms with E-state index in [-0.39, 0.29) is 6.79 Å². The van der Waals surface area contributed by atoms with E-state index in [2.05, 4.69) is 21.2 Å². The van der Waals surface area contributed by atoms with Crippen molar-refractivity contribution in [3.05, 3.63) is 75.2 Å². The first-order chi connectivity index (χ1) is 14.2. The Bertz CT molecular complexity index is 1030. The zero-order valence-electron chi connectivity index (χ0n) is 15.7. The van der Waals surface area contributed by atoms with Gasteiger partial charge in [-0.05, 0) is 30.3 Å². The summed E-state index contributed by atoms with van der Waals surface area (Å²) in [6, 6.07) is 17.2. The Kier molecular flexibility index (Phi) is 6.02. The summed E-state index contributed by atoms with van der Waals surface area (Å²) in [6.07, 6.45) is 0. The topological polar surface area (TPSA) is 49.0 Å². The summed E-state index contributed by atoms with van der Waals surface area (Å²) in [7, 11) is 1.63. The van der Waals surface area contributed by atoms with Gasteiger partial charge in [0.15, 0.2) is 23.0 Å². The maximum absolute atomic E-state index is 6.27. The molecule has 1 N–H and O–H groups in total. The third-order valence-corrected chi connectivity index (χ3v) is 5.67. The van der Waals surface area contributed by atoms with Gasteiger partial charge < -0.3 is 24.3 Å². The predicted molar refractivity (Wildman–Crippen MR) is 116 cm³/mol. The van der Waals surface area contributed by atoms with E-state index in [9.17, 15) is 0 Å². The second-order valence-electron chi connectivity index (χ2n) is 6.36. The Labute approximate surface area is 182 Å². The summed E-state index contributed by atoms with van der Waals surface area (Å²) in [5.41, 5.74) is 2.76. The summed E-state index contributed by atoms with van der Waals surface area (Å²) in [5, 5.41) is 4.07. The number of hydrogen-bond donors (Lipinski definition) is 1. The molecule has 0 bridgehead atoms. The van der Waals surface area contributed by atoms with Crippen molar-refractivity contribution in [2.75, 3.05) is 19.2 Å². The number of methoxy groups -OCH3 is 1. The first-order valence-corrected chi connectivity index (χ1v) is 10.2. The van der Waals surface area contributed by atoms with Gasteiger partial charge in [-0.1, -0.05) is 45.7 Å². The second-order valence-corrected chi connectivity index (χ2v) is 7.62. The van der Waals surface area contributed by atoms with Crippen LogP contribution in [0.5, 0.6) is 23.0 Å². The average Bonchev–Trinajstić information content (AvgIpc) is 3.20. The minimum Gasteiger partial charge on any atom is -0.493 e. The molecule has 3 aromatic rings. The molecule has 7 heteroatoms. The van der Waals surface area contributed by atoms with Crippen molar-refractivity contribution in [1.29, 1.82) is 0 Å². The van der Waals surface area contributed by atoms with Gasteiger partial charge in [0, 0.05) is 38.9 Å². The fourth-order valence-electron chi connectivity index (χ4n) is 3.03. The van der Waals surface area contributed by atoms with E-state index in [1.54, 1.807) is 7.11 Å². The molecule has 0 aromatic heterocycles. The third-order valence-electron chi connectivity index (χ3n) is 4.56. The molecule has 1 aliphatic heterocycles. The van der Waals surface area contributed by atoms with Crippen LogP contribution in [0.25, 0.3) is 0 Å². The number of hydrogen-bond acceptors (Lipinski definition) is 5. The van der Waals surface area contributed by atoms with Gasteiger partial charge in [-0.2, -0.15) is 0 Å². The minimum atomic E-state index is 0.250. The smallest absolute Gasteiger partial charge is 0.231 e. The lowest BCUT2D eigenvalue weighted by molar-refractivity contribution is 0.174. The van der Waals surface area contributed by atoms with E-state index in [0.29, 0.717) is 29.7 Å². The van der Waals surface area contributed by atoms with E-state index in [4.69, 9.17) is 30.5 Å². The molecule has 0 radical (unpaired) electrons. The molecule has 1 heterocycles. The van der Waals surface area contributed by atoms with Crippen molar-refractivity contribution in [3.8, 4) is 23.0 Å². The lowest BCUT2D eigenvalue weighted by Crippen LogP contribution is -2.06. The van der Waals surface area contributed by atoms with E-state index in [1.807, 2.05) is 54.6 Å². The van der Waals surface area contributed by atoms with Gasteiger partial charge in [0.25, 0.3) is 0 Å². The molecule has 29 heavy (non-hydrogen) atoms. The molecule has 0 saturated heterocycles. The SMILES string of the molecule is COc1ccc(Br)c(CNc2ccc3c(c2)OCO3)c1OCc1ccccc1Cl. The van der Waals surface area contributed by atoms with Crippen molar-refractivity contribution in [1.82, 2.24) is 0 Å². The van der Waals surface area contributed by atoms with Gasteiger partial charge in [0.05, 0.1) is 7.11 Å². The van der Waals surface area contributed by atoms with Crippen molar-refractivity contribution in [2.24, 2.45) is 0 Å². The summed E-state index contributed by atoms with van der Waals surface area (Å²) >= 11 is 9.90. The van der Waals surface area contributed by atoms with Crippen molar-refractivity contribution >= 4 is 33.2 Å². The Balaban J connectivity index is 1.56. The summed E-state index contributed by atoms with van der Waals surface area (Å²) in [6.45, 7) is 1.11. The molecule has 0 fully saturated rings. The van der Waals surface area contributed by atoms with Gasteiger partial charge in [0.1, 0.15) is 6.61 Å². The van der Waals surface area contributed by atoms with Crippen LogP contribution in [0.4, 0.5) is 5.69 Å². The maximum atomic E-state index is 6.27. The maximum Gasteiger partial charge on any atom is 0.231 e. The van der Waals surface area contributed by atoms with Crippen LogP contribution in [-0.4, -0.2) is 13.9 Å². The molecule has 0 atom stereocenters. The van der Waals surface area contributed by atoms with Crippen LogP contribution in [0.3, 0.4) is 0 Å². The summed E-state index contributed by atoms with van der Waals surface area (Å²) in [5.74, 6) is 2.80. The van der Waals surface area contributed by atoms with E-state index in [0.717, 1.165) is 32.8 Å². The molecule has 0 aliphatic carbocycles. The highest BCUT2D eigenvalue weighted by molar-refractivity contribution is 9.10. The van der Waals surface area contributed by atoms with Gasteiger partial charge in [-0.3, -0.25) is 0 Å².